The number of hydrogen-bond donors (Lipinski definition) is 2. The third-order valence-corrected chi connectivity index (χ3v) is 5.51. The van der Waals surface area contributed by atoms with Crippen LogP contribution in [0.1, 0.15) is 19.0 Å². The number of pyridine rings is 1. The lowest BCUT2D eigenvalue weighted by atomic mass is 9.89. The molecule has 20 heavy (non-hydrogen) atoms. The van der Waals surface area contributed by atoms with Gasteiger partial charge in [0.15, 0.2) is 0 Å². The Hall–Kier alpha value is -1.51. The lowest BCUT2D eigenvalue weighted by Gasteiger charge is -2.20. The van der Waals surface area contributed by atoms with Crippen LogP contribution in [0.25, 0.3) is 0 Å². The standard InChI is InChI=1S/C12H18N4O3S/c1-12(11(14)17)4-5-16(8-12)20(18,19)10-3-2-9(6-13)15-7-10/h2-3,7H,4-6,8,13H2,1H3,(H2,14,17). The zero-order valence-corrected chi connectivity index (χ0v) is 12.1. The van der Waals surface area contributed by atoms with Gasteiger partial charge in [0.1, 0.15) is 4.90 Å². The second kappa shape index (κ2) is 5.12. The van der Waals surface area contributed by atoms with Crippen LogP contribution in [0.3, 0.4) is 0 Å². The predicted octanol–water partition coefficient (Wildman–Crippen LogP) is -0.574. The summed E-state index contributed by atoms with van der Waals surface area (Å²) in [6.07, 6.45) is 1.72. The zero-order chi connectivity index (χ0) is 15.0. The van der Waals surface area contributed by atoms with Crippen LogP contribution in [-0.2, 0) is 21.4 Å². The van der Waals surface area contributed by atoms with Crippen LogP contribution in [0.2, 0.25) is 0 Å². The number of hydrogen-bond acceptors (Lipinski definition) is 5. The molecule has 2 heterocycles. The lowest BCUT2D eigenvalue weighted by molar-refractivity contribution is -0.126. The van der Waals surface area contributed by atoms with E-state index in [-0.39, 0.29) is 24.5 Å². The number of aromatic nitrogens is 1. The molecule has 0 aliphatic carbocycles. The highest BCUT2D eigenvalue weighted by Gasteiger charge is 2.43. The van der Waals surface area contributed by atoms with Gasteiger partial charge in [0.2, 0.25) is 15.9 Å². The van der Waals surface area contributed by atoms with Crippen LogP contribution < -0.4 is 11.5 Å². The van der Waals surface area contributed by atoms with Gasteiger partial charge in [-0.1, -0.05) is 0 Å². The predicted molar refractivity (Wildman–Crippen MR) is 72.8 cm³/mol. The third kappa shape index (κ3) is 2.54. The van der Waals surface area contributed by atoms with Gasteiger partial charge in [-0.25, -0.2) is 8.42 Å². The molecule has 1 aromatic heterocycles. The van der Waals surface area contributed by atoms with Crippen molar-refractivity contribution >= 4 is 15.9 Å². The van der Waals surface area contributed by atoms with Gasteiger partial charge in [-0.2, -0.15) is 4.31 Å². The van der Waals surface area contributed by atoms with E-state index in [0.717, 1.165) is 0 Å². The van der Waals surface area contributed by atoms with E-state index >= 15 is 0 Å². The summed E-state index contributed by atoms with van der Waals surface area (Å²) in [4.78, 5) is 15.5. The van der Waals surface area contributed by atoms with Crippen molar-refractivity contribution in [2.45, 2.75) is 24.8 Å². The van der Waals surface area contributed by atoms with Crippen molar-refractivity contribution in [2.24, 2.45) is 16.9 Å². The van der Waals surface area contributed by atoms with Crippen molar-refractivity contribution in [1.29, 1.82) is 0 Å². The number of primary amides is 1. The normalized spacial score (nSPS) is 23.9. The molecule has 1 aromatic rings. The summed E-state index contributed by atoms with van der Waals surface area (Å²) in [6.45, 7) is 2.31. The molecule has 4 N–H and O–H groups in total. The van der Waals surface area contributed by atoms with Crippen molar-refractivity contribution in [3.05, 3.63) is 24.0 Å². The summed E-state index contributed by atoms with van der Waals surface area (Å²) in [7, 11) is -3.65. The van der Waals surface area contributed by atoms with Crippen molar-refractivity contribution < 1.29 is 13.2 Å². The Morgan fingerprint density at radius 2 is 2.20 bits per heavy atom. The second-order valence-electron chi connectivity index (χ2n) is 5.20. The molecule has 0 aromatic carbocycles. The molecule has 0 spiro atoms. The Morgan fingerprint density at radius 3 is 2.65 bits per heavy atom. The van der Waals surface area contributed by atoms with E-state index in [1.807, 2.05) is 0 Å². The molecule has 1 aliphatic rings. The van der Waals surface area contributed by atoms with Gasteiger partial charge in [-0.15, -0.1) is 0 Å². The maximum atomic E-state index is 12.4. The highest BCUT2D eigenvalue weighted by Crippen LogP contribution is 2.32. The molecule has 1 aliphatic heterocycles. The highest BCUT2D eigenvalue weighted by atomic mass is 32.2. The van der Waals surface area contributed by atoms with Crippen LogP contribution in [0, 0.1) is 5.41 Å². The minimum absolute atomic E-state index is 0.100. The highest BCUT2D eigenvalue weighted by molar-refractivity contribution is 7.89. The summed E-state index contributed by atoms with van der Waals surface area (Å²) in [6, 6.07) is 3.06. The number of nitrogens with zero attached hydrogens (tertiary/aromatic N) is 2. The summed E-state index contributed by atoms with van der Waals surface area (Å²) < 4.78 is 26.2. The number of rotatable bonds is 4. The first-order chi connectivity index (χ1) is 9.29. The first-order valence-corrected chi connectivity index (χ1v) is 7.69. The van der Waals surface area contributed by atoms with Crippen molar-refractivity contribution in [2.75, 3.05) is 13.1 Å². The molecular weight excluding hydrogens is 280 g/mol. The Morgan fingerprint density at radius 1 is 1.50 bits per heavy atom. The number of carbonyl (C=O) groups excluding carboxylic acids is 1. The van der Waals surface area contributed by atoms with Crippen molar-refractivity contribution in [1.82, 2.24) is 9.29 Å². The van der Waals surface area contributed by atoms with E-state index in [1.165, 1.54) is 16.6 Å². The fourth-order valence-electron chi connectivity index (χ4n) is 2.16. The average molecular weight is 298 g/mol. The largest absolute Gasteiger partial charge is 0.369 e. The van der Waals surface area contributed by atoms with Crippen LogP contribution >= 0.6 is 0 Å². The van der Waals surface area contributed by atoms with Crippen LogP contribution in [0.15, 0.2) is 23.2 Å². The molecule has 1 saturated heterocycles. The Labute approximate surface area is 118 Å². The molecule has 0 saturated carbocycles. The minimum Gasteiger partial charge on any atom is -0.369 e. The Kier molecular flexibility index (Phi) is 3.81. The molecule has 110 valence electrons. The Bertz CT molecular complexity index is 614. The third-order valence-electron chi connectivity index (χ3n) is 3.68. The first-order valence-electron chi connectivity index (χ1n) is 6.25. The van der Waals surface area contributed by atoms with E-state index in [4.69, 9.17) is 11.5 Å². The summed E-state index contributed by atoms with van der Waals surface area (Å²) >= 11 is 0. The molecular formula is C12H18N4O3S. The lowest BCUT2D eigenvalue weighted by Crippen LogP contribution is -2.38. The molecule has 1 unspecified atom stereocenters. The number of sulfonamides is 1. The number of carbonyl (C=O) groups is 1. The summed E-state index contributed by atoms with van der Waals surface area (Å²) in [5.74, 6) is -0.480. The van der Waals surface area contributed by atoms with E-state index in [9.17, 15) is 13.2 Å². The number of amides is 1. The van der Waals surface area contributed by atoms with Crippen LogP contribution in [-0.4, -0.2) is 36.7 Å². The van der Waals surface area contributed by atoms with E-state index in [2.05, 4.69) is 4.98 Å². The maximum absolute atomic E-state index is 12.4. The molecule has 0 radical (unpaired) electrons. The second-order valence-corrected chi connectivity index (χ2v) is 7.14. The molecule has 0 bridgehead atoms. The van der Waals surface area contributed by atoms with E-state index in [0.29, 0.717) is 12.1 Å². The molecule has 2 rings (SSSR count). The SMILES string of the molecule is CC1(C(N)=O)CCN(S(=O)(=O)c2ccc(CN)nc2)C1. The van der Waals surface area contributed by atoms with Gasteiger partial charge in [-0.3, -0.25) is 9.78 Å². The van der Waals surface area contributed by atoms with Crippen molar-refractivity contribution in [3.63, 3.8) is 0 Å². The number of nitrogens with two attached hydrogens (primary N) is 2. The molecule has 7 nitrogen and oxygen atoms in total. The van der Waals surface area contributed by atoms with Gasteiger partial charge in [-0.05, 0) is 25.5 Å². The quantitative estimate of drug-likeness (QED) is 0.771. The van der Waals surface area contributed by atoms with Gasteiger partial charge < -0.3 is 11.5 Å². The smallest absolute Gasteiger partial charge is 0.244 e. The fourth-order valence-corrected chi connectivity index (χ4v) is 3.67. The van der Waals surface area contributed by atoms with E-state index < -0.39 is 21.3 Å². The topological polar surface area (TPSA) is 119 Å². The monoisotopic (exact) mass is 298 g/mol. The van der Waals surface area contributed by atoms with Crippen LogP contribution in [0.4, 0.5) is 0 Å². The van der Waals surface area contributed by atoms with Gasteiger partial charge in [0.25, 0.3) is 0 Å². The Balaban J connectivity index is 2.25. The molecule has 1 amide bonds. The summed E-state index contributed by atoms with van der Waals surface area (Å²) in [5, 5.41) is 0. The van der Waals surface area contributed by atoms with Crippen molar-refractivity contribution in [3.8, 4) is 0 Å². The molecule has 1 atom stereocenters. The van der Waals surface area contributed by atoms with Crippen LogP contribution in [0.5, 0.6) is 0 Å². The van der Waals surface area contributed by atoms with Gasteiger partial charge >= 0.3 is 0 Å². The average Bonchev–Trinajstić information content (AvgIpc) is 2.84. The van der Waals surface area contributed by atoms with Gasteiger partial charge in [0.05, 0.1) is 11.1 Å². The minimum atomic E-state index is -3.65. The molecule has 8 heteroatoms. The molecule has 1 fully saturated rings. The van der Waals surface area contributed by atoms with Gasteiger partial charge in [0, 0.05) is 25.8 Å². The first kappa shape index (κ1) is 14.9. The van der Waals surface area contributed by atoms with E-state index in [1.54, 1.807) is 13.0 Å². The summed E-state index contributed by atoms with van der Waals surface area (Å²) in [5.41, 5.74) is 10.6. The maximum Gasteiger partial charge on any atom is 0.244 e. The zero-order valence-electron chi connectivity index (χ0n) is 11.2. The fraction of sp³-hybridized carbons (Fsp3) is 0.500.